The molecule has 0 saturated heterocycles. The number of hydrogen-bond acceptors (Lipinski definition) is 32. The Labute approximate surface area is 676 Å². The molecule has 1 atom stereocenters. The highest BCUT2D eigenvalue weighted by molar-refractivity contribution is 7.99. The fourth-order valence-electron chi connectivity index (χ4n) is 8.57. The van der Waals surface area contributed by atoms with Gasteiger partial charge in [-0.1, -0.05) is 78.0 Å². The number of para-hydroxylation sites is 1. The molecule has 0 radical (unpaired) electrons. The summed E-state index contributed by atoms with van der Waals surface area (Å²) in [6.07, 6.45) is 15.0. The van der Waals surface area contributed by atoms with E-state index in [0.29, 0.717) is 90.3 Å². The zero-order valence-corrected chi connectivity index (χ0v) is 66.8. The number of nitrogens with two attached hydrogens (primary N) is 3. The number of anilines is 7. The van der Waals surface area contributed by atoms with E-state index >= 15 is 0 Å². The highest BCUT2D eigenvalue weighted by atomic mass is 35.5. The Morgan fingerprint density at radius 1 is 0.500 bits per heavy atom. The number of aromatic carboxylic acids is 1. The van der Waals surface area contributed by atoms with Crippen molar-refractivity contribution in [2.45, 2.75) is 60.6 Å². The van der Waals surface area contributed by atoms with Crippen molar-refractivity contribution in [3.05, 3.63) is 200 Å². The van der Waals surface area contributed by atoms with Gasteiger partial charge in [-0.2, -0.15) is 9.97 Å². The minimum absolute atomic E-state index is 0.00144. The van der Waals surface area contributed by atoms with Gasteiger partial charge in [0.25, 0.3) is 17.7 Å². The molecule has 0 fully saturated rings. The largest absolute Gasteiger partial charge is 0.478 e. The summed E-state index contributed by atoms with van der Waals surface area (Å²) in [7, 11) is 0. The van der Waals surface area contributed by atoms with Crippen LogP contribution in [-0.2, 0) is 19.1 Å². The number of fused-ring (bicyclic) bond motifs is 1. The number of rotatable bonds is 24. The van der Waals surface area contributed by atoms with Crippen LogP contribution in [0, 0.1) is 0 Å². The molecule has 7 aromatic heterocycles. The molecule has 0 aliphatic rings. The Balaban J connectivity index is 0.000000216. The zero-order chi connectivity index (χ0) is 82.0. The van der Waals surface area contributed by atoms with Crippen LogP contribution in [-0.4, -0.2) is 172 Å². The molecule has 11 rings (SSSR count). The molecule has 5 amide bonds. The number of carboxylic acids is 1. The molecule has 4 aromatic carbocycles. The molecule has 12 N–H and O–H groups in total. The molecule has 584 valence electrons. The van der Waals surface area contributed by atoms with Crippen molar-refractivity contribution < 1.29 is 57.8 Å². The summed E-state index contributed by atoms with van der Waals surface area (Å²) in [5, 5.41) is 33.2. The quantitative estimate of drug-likeness (QED) is 0.0117. The van der Waals surface area contributed by atoms with Crippen LogP contribution in [0.25, 0.3) is 11.0 Å². The summed E-state index contributed by atoms with van der Waals surface area (Å²) >= 11 is 27.3. The molecule has 35 nitrogen and oxygen atoms in total. The van der Waals surface area contributed by atoms with Crippen molar-refractivity contribution >= 4 is 192 Å². The van der Waals surface area contributed by atoms with Gasteiger partial charge in [0.1, 0.15) is 58.8 Å². The van der Waals surface area contributed by atoms with E-state index in [9.17, 15) is 38.4 Å². The van der Waals surface area contributed by atoms with Crippen LogP contribution in [0.4, 0.5) is 40.5 Å². The van der Waals surface area contributed by atoms with Gasteiger partial charge in [-0.25, -0.2) is 64.2 Å². The van der Waals surface area contributed by atoms with Gasteiger partial charge in [0, 0.05) is 80.3 Å². The van der Waals surface area contributed by atoms with Gasteiger partial charge in [0.15, 0.2) is 0 Å². The lowest BCUT2D eigenvalue weighted by Gasteiger charge is -2.16. The Morgan fingerprint density at radius 3 is 1.45 bits per heavy atom. The van der Waals surface area contributed by atoms with E-state index in [0.717, 1.165) is 0 Å². The Hall–Kier alpha value is -11.7. The fraction of sp³-hybridized carbons (Fsp3) is 0.188. The average molecular weight is 1680 g/mol. The predicted molar refractivity (Wildman–Crippen MR) is 429 cm³/mol. The highest BCUT2D eigenvalue weighted by Crippen LogP contribution is 2.27. The van der Waals surface area contributed by atoms with Gasteiger partial charge in [-0.15, -0.1) is 52.1 Å². The van der Waals surface area contributed by atoms with E-state index in [4.69, 9.17) is 83.0 Å². The number of nitrogens with one attached hydrogen (secondary N) is 5. The maximum atomic E-state index is 11.8. The van der Waals surface area contributed by atoms with E-state index in [1.807, 2.05) is 54.6 Å². The van der Waals surface area contributed by atoms with Crippen LogP contribution in [0.5, 0.6) is 6.01 Å². The van der Waals surface area contributed by atoms with Crippen LogP contribution in [0.2, 0.25) is 21.0 Å². The minimum Gasteiger partial charge on any atom is -0.478 e. The predicted octanol–water partition coefficient (Wildman–Crippen LogP) is 11.9. The van der Waals surface area contributed by atoms with Crippen LogP contribution >= 0.6 is 93.5 Å². The molecule has 0 spiro atoms. The lowest BCUT2D eigenvalue weighted by atomic mass is 10.0. The van der Waals surface area contributed by atoms with E-state index in [-0.39, 0.29) is 79.2 Å². The minimum atomic E-state index is -1.05. The van der Waals surface area contributed by atoms with E-state index in [1.165, 1.54) is 108 Å². The van der Waals surface area contributed by atoms with Gasteiger partial charge in [0.05, 0.1) is 29.9 Å². The van der Waals surface area contributed by atoms with Crippen LogP contribution in [0.15, 0.2) is 160 Å². The average Bonchev–Trinajstić information content (AvgIpc) is 1.62. The Morgan fingerprint density at radius 2 is 0.938 bits per heavy atom. The molecule has 0 saturated carbocycles. The normalized spacial score (nSPS) is 10.5. The van der Waals surface area contributed by atoms with Crippen molar-refractivity contribution in [3.8, 4) is 6.01 Å². The van der Waals surface area contributed by atoms with Gasteiger partial charge in [0.2, 0.25) is 39.6 Å². The molecular formula is C69H69Cl4N23O12S4. The summed E-state index contributed by atoms with van der Waals surface area (Å²) < 4.78 is 9.54. The molecule has 11 aromatic rings. The maximum absolute atomic E-state index is 11.8. The third kappa shape index (κ3) is 28.3. The summed E-state index contributed by atoms with van der Waals surface area (Å²) in [5.41, 5.74) is 22.6. The summed E-state index contributed by atoms with van der Waals surface area (Å²) in [5.74, 6) is -2.88. The van der Waals surface area contributed by atoms with Crippen molar-refractivity contribution in [2.24, 2.45) is 17.2 Å². The molecule has 43 heteroatoms. The zero-order valence-electron chi connectivity index (χ0n) is 60.5. The number of esters is 2. The SMILES string of the molecule is CC(=O)Nc1cccc(Nc2ncc(C(N)=O)c(NC[C@@H](C)c3ccccc3)n2)c1.CCOC(=O)c1cnc(Cl)nc1Cl.CCOC(=O)c1cnc(Cl)nc1SC.CSc1nc(Cl)ncc1C(=O)O.CSc1nc(Nc2cccc(NC(C)=O)c2)ncc1C(N)=O.CSc1nc(On2nnc3ccccc32)ncc1C(N)=O. The number of primary amides is 3. The first-order chi connectivity index (χ1) is 53.6. The van der Waals surface area contributed by atoms with Crippen LogP contribution in [0.1, 0.15) is 108 Å². The van der Waals surface area contributed by atoms with Gasteiger partial charge >= 0.3 is 23.9 Å². The van der Waals surface area contributed by atoms with Crippen LogP contribution < -0.4 is 48.6 Å². The lowest BCUT2D eigenvalue weighted by molar-refractivity contribution is -0.115. The first-order valence-electron chi connectivity index (χ1n) is 32.1. The Bertz CT molecular complexity index is 5130. The summed E-state index contributed by atoms with van der Waals surface area (Å²) in [6, 6.07) is 31.7. The summed E-state index contributed by atoms with van der Waals surface area (Å²) in [6.45, 7) is 9.58. The fourth-order valence-corrected chi connectivity index (χ4v) is 11.5. The molecule has 0 aliphatic heterocycles. The van der Waals surface area contributed by atoms with Crippen molar-refractivity contribution in [2.75, 3.05) is 71.4 Å². The monoisotopic (exact) mass is 1680 g/mol. The number of benzene rings is 4. The molecule has 0 bridgehead atoms. The van der Waals surface area contributed by atoms with Crippen molar-refractivity contribution in [3.63, 3.8) is 0 Å². The maximum Gasteiger partial charge on any atom is 0.346 e. The van der Waals surface area contributed by atoms with Gasteiger partial charge < -0.3 is 63.2 Å². The van der Waals surface area contributed by atoms with Crippen LogP contribution in [0.3, 0.4) is 0 Å². The number of ether oxygens (including phenoxy) is 2. The molecule has 7 heterocycles. The second-order valence-electron chi connectivity index (χ2n) is 21.5. The lowest BCUT2D eigenvalue weighted by Crippen LogP contribution is -2.19. The van der Waals surface area contributed by atoms with E-state index in [2.05, 4.69) is 116 Å². The van der Waals surface area contributed by atoms with Gasteiger partial charge in [-0.3, -0.25) is 24.0 Å². The smallest absolute Gasteiger partial charge is 0.346 e. The molecular weight excluding hydrogens is 1610 g/mol. The molecule has 0 aliphatic carbocycles. The standard InChI is InChI=1S/C22H24N6O2.C14H15N5O2S.C12H10N6O2S.C8H9ClN2O2S.C7H6Cl2N2O2.C6H5ClN2O2S/c1-14(16-7-4-3-5-8-16)12-24-21-19(20(23)30)13-25-22(28-21)27-18-10-6-9-17(11-18)26-15(2)29;1-8(20)17-9-4-3-5-10(6-9)18-14-16-7-11(12(15)21)13(19-14)22-2;1-21-11-7(10(13)19)6-14-12(15-11)20-18-9-5-3-2-4-8(9)16-17-18;1-3-13-7(12)5-4-10-8(9)11-6(5)14-2;1-2-13-6(12)4-3-10-7(9)11-5(4)8;1-12-4-3(5(10)11)2-8-6(7)9-4/h3-11,13-14H,12H2,1-2H3,(H2,23,30)(H,26,29)(H2,24,25,27,28);3-7H,1-2H3,(H2,15,21)(H,17,20)(H,16,18,19);2-6H,1H3,(H2,13,19);4H,3H2,1-2H3;3H,2H2,1H3;2H,1H3,(H,10,11)/t14-;;;;;/m1...../s1. The number of thioether (sulfide) groups is 4. The number of carboxylic acid groups (broad SMARTS) is 1. The number of carbonyl (C=O) groups excluding carboxylic acids is 7. The number of carbonyl (C=O) groups is 8. The van der Waals surface area contributed by atoms with Crippen molar-refractivity contribution in [1.29, 1.82) is 0 Å². The van der Waals surface area contributed by atoms with E-state index < -0.39 is 35.6 Å². The van der Waals surface area contributed by atoms with Gasteiger partial charge in [-0.05, 0) is 139 Å². The summed E-state index contributed by atoms with van der Waals surface area (Å²) in [4.78, 5) is 144. The second-order valence-corrected chi connectivity index (χ2v) is 26.0. The number of amides is 5. The Kier molecular flexibility index (Phi) is 36.2. The third-order valence-electron chi connectivity index (χ3n) is 13.5. The van der Waals surface area contributed by atoms with E-state index in [1.54, 1.807) is 75.3 Å². The third-order valence-corrected chi connectivity index (χ3v) is 17.2. The topological polar surface area (TPSA) is 508 Å². The first-order valence-corrected chi connectivity index (χ1v) is 38.5. The van der Waals surface area contributed by atoms with Crippen molar-refractivity contribution in [1.82, 2.24) is 75.0 Å². The number of halogens is 4. The molecule has 112 heavy (non-hydrogen) atoms. The number of hydrogen-bond donors (Lipinski definition) is 9. The highest BCUT2D eigenvalue weighted by Gasteiger charge is 2.20. The number of nitrogens with zero attached hydrogens (tertiary/aromatic N) is 15. The first kappa shape index (κ1) is 89.2. The molecule has 0 unspecified atom stereocenters. The number of aromatic nitrogens is 15. The second kappa shape index (κ2) is 45.4.